The number of nitrogens with zero attached hydrogens (tertiary/aromatic N) is 3. The Morgan fingerprint density at radius 3 is 2.33 bits per heavy atom. The molecule has 2 aromatic carbocycles. The van der Waals surface area contributed by atoms with Crippen molar-refractivity contribution >= 4 is 11.9 Å². The molecule has 1 fully saturated rings. The number of rotatable bonds is 4. The van der Waals surface area contributed by atoms with Crippen molar-refractivity contribution < 1.29 is 14.7 Å². The predicted octanol–water partition coefficient (Wildman–Crippen LogP) is 3.47. The van der Waals surface area contributed by atoms with Crippen LogP contribution in [0, 0.1) is 6.92 Å². The maximum Gasteiger partial charge on any atom is 0.339 e. The Labute approximate surface area is 156 Å². The second kappa shape index (κ2) is 6.72. The molecular weight excluding hydrogens is 342 g/mol. The third kappa shape index (κ3) is 2.99. The molecule has 136 valence electrons. The lowest BCUT2D eigenvalue weighted by atomic mass is 9.93. The smallest absolute Gasteiger partial charge is 0.339 e. The zero-order valence-corrected chi connectivity index (χ0v) is 14.9. The van der Waals surface area contributed by atoms with Crippen molar-refractivity contribution in [1.82, 2.24) is 14.7 Å². The lowest BCUT2D eigenvalue weighted by Crippen LogP contribution is -2.45. The van der Waals surface area contributed by atoms with Gasteiger partial charge in [0.05, 0.1) is 23.6 Å². The summed E-state index contributed by atoms with van der Waals surface area (Å²) >= 11 is 0. The zero-order valence-electron chi connectivity index (χ0n) is 14.9. The second-order valence-electron chi connectivity index (χ2n) is 6.62. The molecule has 1 unspecified atom stereocenters. The largest absolute Gasteiger partial charge is 0.478 e. The van der Waals surface area contributed by atoms with Crippen LogP contribution < -0.4 is 0 Å². The van der Waals surface area contributed by atoms with Crippen LogP contribution in [0.4, 0.5) is 0 Å². The highest BCUT2D eigenvalue weighted by Gasteiger charge is 2.33. The summed E-state index contributed by atoms with van der Waals surface area (Å²) in [6, 6.07) is 17.3. The molecular formula is C21H19N3O3. The fraction of sp³-hybridized carbons (Fsp3) is 0.190. The zero-order chi connectivity index (χ0) is 19.0. The van der Waals surface area contributed by atoms with Gasteiger partial charge in [0.15, 0.2) is 0 Å². The SMILES string of the molecule is Cc1c(C(=O)O)cnn1-c1ccc(C(=O)N2CCC2c2ccccc2)cc1. The third-order valence-electron chi connectivity index (χ3n) is 5.06. The Hall–Kier alpha value is -3.41. The van der Waals surface area contributed by atoms with Crippen LogP contribution in [0.5, 0.6) is 0 Å². The molecule has 3 aromatic rings. The van der Waals surface area contributed by atoms with E-state index in [-0.39, 0.29) is 17.5 Å². The first-order chi connectivity index (χ1) is 13.1. The maximum atomic E-state index is 12.8. The number of carbonyl (C=O) groups is 2. The van der Waals surface area contributed by atoms with Crippen molar-refractivity contribution in [2.45, 2.75) is 19.4 Å². The van der Waals surface area contributed by atoms with Crippen LogP contribution in [-0.2, 0) is 0 Å². The van der Waals surface area contributed by atoms with Crippen molar-refractivity contribution in [3.05, 3.63) is 83.2 Å². The van der Waals surface area contributed by atoms with E-state index in [0.29, 0.717) is 11.3 Å². The Morgan fingerprint density at radius 2 is 1.78 bits per heavy atom. The van der Waals surface area contributed by atoms with E-state index in [9.17, 15) is 9.59 Å². The van der Waals surface area contributed by atoms with Crippen LogP contribution in [-0.4, -0.2) is 38.2 Å². The van der Waals surface area contributed by atoms with Gasteiger partial charge < -0.3 is 10.0 Å². The van der Waals surface area contributed by atoms with Crippen molar-refractivity contribution in [3.63, 3.8) is 0 Å². The first-order valence-electron chi connectivity index (χ1n) is 8.80. The van der Waals surface area contributed by atoms with Crippen molar-refractivity contribution in [2.24, 2.45) is 0 Å². The number of carboxylic acid groups (broad SMARTS) is 1. The van der Waals surface area contributed by atoms with Gasteiger partial charge in [-0.2, -0.15) is 5.10 Å². The summed E-state index contributed by atoms with van der Waals surface area (Å²) in [4.78, 5) is 25.9. The van der Waals surface area contributed by atoms with Gasteiger partial charge in [-0.1, -0.05) is 30.3 Å². The Bertz CT molecular complexity index is 993. The minimum Gasteiger partial charge on any atom is -0.478 e. The number of amides is 1. The topological polar surface area (TPSA) is 75.4 Å². The van der Waals surface area contributed by atoms with E-state index < -0.39 is 5.97 Å². The number of carboxylic acids is 1. The number of aromatic nitrogens is 2. The molecule has 1 aliphatic heterocycles. The molecule has 1 aromatic heterocycles. The van der Waals surface area contributed by atoms with Crippen LogP contribution in [0.25, 0.3) is 5.69 Å². The molecule has 1 atom stereocenters. The van der Waals surface area contributed by atoms with Crippen LogP contribution in [0.2, 0.25) is 0 Å². The number of carbonyl (C=O) groups excluding carboxylic acids is 1. The summed E-state index contributed by atoms with van der Waals surface area (Å²) in [6.07, 6.45) is 2.31. The number of aromatic carboxylic acids is 1. The molecule has 1 aliphatic rings. The Balaban J connectivity index is 1.54. The van der Waals surface area contributed by atoms with Gasteiger partial charge in [-0.15, -0.1) is 0 Å². The molecule has 27 heavy (non-hydrogen) atoms. The third-order valence-corrected chi connectivity index (χ3v) is 5.06. The van der Waals surface area contributed by atoms with Crippen molar-refractivity contribution in [1.29, 1.82) is 0 Å². The summed E-state index contributed by atoms with van der Waals surface area (Å²) in [5, 5.41) is 13.3. The molecule has 1 N–H and O–H groups in total. The van der Waals surface area contributed by atoms with Gasteiger partial charge >= 0.3 is 5.97 Å². The summed E-state index contributed by atoms with van der Waals surface area (Å²) < 4.78 is 1.56. The fourth-order valence-electron chi connectivity index (χ4n) is 3.44. The fourth-order valence-corrected chi connectivity index (χ4v) is 3.44. The maximum absolute atomic E-state index is 12.8. The average molecular weight is 361 g/mol. The van der Waals surface area contributed by atoms with E-state index in [0.717, 1.165) is 24.2 Å². The highest BCUT2D eigenvalue weighted by molar-refractivity contribution is 5.95. The predicted molar refractivity (Wildman–Crippen MR) is 100 cm³/mol. The quantitative estimate of drug-likeness (QED) is 0.772. The van der Waals surface area contributed by atoms with Gasteiger partial charge in [-0.25, -0.2) is 9.48 Å². The molecule has 4 rings (SSSR count). The molecule has 0 bridgehead atoms. The van der Waals surface area contributed by atoms with E-state index in [1.807, 2.05) is 35.2 Å². The highest BCUT2D eigenvalue weighted by atomic mass is 16.4. The number of hydrogen-bond acceptors (Lipinski definition) is 3. The minimum absolute atomic E-state index is 0.00469. The van der Waals surface area contributed by atoms with Gasteiger partial charge in [-0.05, 0) is 43.2 Å². The lowest BCUT2D eigenvalue weighted by Gasteiger charge is -2.41. The van der Waals surface area contributed by atoms with Crippen molar-refractivity contribution in [2.75, 3.05) is 6.54 Å². The number of hydrogen-bond donors (Lipinski definition) is 1. The number of likely N-dealkylation sites (tertiary alicyclic amines) is 1. The number of benzene rings is 2. The van der Waals surface area contributed by atoms with Gasteiger partial charge in [0.1, 0.15) is 5.56 Å². The molecule has 1 amide bonds. The summed E-state index contributed by atoms with van der Waals surface area (Å²) in [6.45, 7) is 2.46. The molecule has 6 heteroatoms. The lowest BCUT2D eigenvalue weighted by molar-refractivity contribution is 0.0460. The average Bonchev–Trinajstić information content (AvgIpc) is 3.03. The monoisotopic (exact) mass is 361 g/mol. The molecule has 0 aliphatic carbocycles. The summed E-state index contributed by atoms with van der Waals surface area (Å²) in [5.74, 6) is -1.000. The standard InChI is InChI=1S/C21H19N3O3/c1-14-18(21(26)27)13-22-24(14)17-9-7-16(8-10-17)20(25)23-12-11-19(23)15-5-3-2-4-6-15/h2-10,13,19H,11-12H2,1H3,(H,26,27). The first kappa shape index (κ1) is 17.0. The first-order valence-corrected chi connectivity index (χ1v) is 8.80. The summed E-state index contributed by atoms with van der Waals surface area (Å²) in [7, 11) is 0. The van der Waals surface area contributed by atoms with Crippen molar-refractivity contribution in [3.8, 4) is 5.69 Å². The van der Waals surface area contributed by atoms with E-state index in [4.69, 9.17) is 5.11 Å². The van der Waals surface area contributed by atoms with E-state index in [1.54, 1.807) is 35.9 Å². The molecule has 6 nitrogen and oxygen atoms in total. The summed E-state index contributed by atoms with van der Waals surface area (Å²) in [5.41, 5.74) is 3.21. The molecule has 0 spiro atoms. The van der Waals surface area contributed by atoms with Crippen LogP contribution >= 0.6 is 0 Å². The molecule has 0 saturated carbocycles. The van der Waals surface area contributed by atoms with Crippen LogP contribution in [0.15, 0.2) is 60.8 Å². The van der Waals surface area contributed by atoms with Crippen LogP contribution in [0.3, 0.4) is 0 Å². The van der Waals surface area contributed by atoms with E-state index in [2.05, 4.69) is 5.10 Å². The molecule has 0 radical (unpaired) electrons. The van der Waals surface area contributed by atoms with Gasteiger partial charge in [-0.3, -0.25) is 4.79 Å². The van der Waals surface area contributed by atoms with E-state index in [1.165, 1.54) is 6.20 Å². The Morgan fingerprint density at radius 1 is 1.07 bits per heavy atom. The van der Waals surface area contributed by atoms with Gasteiger partial charge in [0.2, 0.25) is 0 Å². The molecule has 2 heterocycles. The molecule has 1 saturated heterocycles. The Kier molecular flexibility index (Phi) is 4.24. The van der Waals surface area contributed by atoms with Gasteiger partial charge in [0.25, 0.3) is 5.91 Å². The highest BCUT2D eigenvalue weighted by Crippen LogP contribution is 2.34. The minimum atomic E-state index is -1.00. The second-order valence-corrected chi connectivity index (χ2v) is 6.62. The normalized spacial score (nSPS) is 16.0. The van der Waals surface area contributed by atoms with Gasteiger partial charge in [0, 0.05) is 12.1 Å². The van der Waals surface area contributed by atoms with E-state index >= 15 is 0 Å². The van der Waals surface area contributed by atoms with Crippen LogP contribution in [0.1, 0.15) is 44.4 Å².